The van der Waals surface area contributed by atoms with Crippen molar-refractivity contribution in [2.24, 2.45) is 5.92 Å². The number of ether oxygens (including phenoxy) is 2. The molecule has 3 aromatic carbocycles. The lowest BCUT2D eigenvalue weighted by molar-refractivity contribution is -0.145. The molecule has 2 unspecified atom stereocenters. The van der Waals surface area contributed by atoms with Crippen LogP contribution in [0, 0.1) is 12.8 Å². The van der Waals surface area contributed by atoms with Crippen LogP contribution >= 0.6 is 11.6 Å². The van der Waals surface area contributed by atoms with Crippen LogP contribution in [0.25, 0.3) is 22.5 Å². The van der Waals surface area contributed by atoms with Crippen molar-refractivity contribution in [3.8, 4) is 22.5 Å². The van der Waals surface area contributed by atoms with Crippen molar-refractivity contribution in [3.63, 3.8) is 0 Å². The normalized spacial score (nSPS) is 15.7. The van der Waals surface area contributed by atoms with Crippen LogP contribution in [-0.4, -0.2) is 37.4 Å². The van der Waals surface area contributed by atoms with Crippen molar-refractivity contribution in [3.05, 3.63) is 89.1 Å². The number of carbonyl (C=O) groups excluding carboxylic acids is 2. The van der Waals surface area contributed by atoms with Gasteiger partial charge in [-0.3, -0.25) is 10.1 Å². The summed E-state index contributed by atoms with van der Waals surface area (Å²) in [6, 6.07) is 23.4. The molecule has 1 fully saturated rings. The zero-order valence-corrected chi connectivity index (χ0v) is 24.0. The summed E-state index contributed by atoms with van der Waals surface area (Å²) in [5, 5.41) is 7.37. The molecule has 0 radical (unpaired) electrons. The molecule has 41 heavy (non-hydrogen) atoms. The van der Waals surface area contributed by atoms with Gasteiger partial charge in [-0.25, -0.2) is 4.79 Å². The minimum Gasteiger partial charge on any atom is -0.469 e. The Morgan fingerprint density at radius 1 is 1.02 bits per heavy atom. The molecule has 1 aliphatic heterocycles. The van der Waals surface area contributed by atoms with Gasteiger partial charge in [0.2, 0.25) is 0 Å². The van der Waals surface area contributed by atoms with Crippen LogP contribution in [0.1, 0.15) is 37.1 Å². The number of benzene rings is 3. The highest BCUT2D eigenvalue weighted by atomic mass is 35.5. The van der Waals surface area contributed by atoms with E-state index in [9.17, 15) is 9.59 Å². The number of hydrogen-bond acceptors (Lipinski definition) is 7. The van der Waals surface area contributed by atoms with E-state index in [1.54, 1.807) is 19.9 Å². The second-order valence-electron chi connectivity index (χ2n) is 10.1. The smallest absolute Gasteiger partial charge is 0.412 e. The summed E-state index contributed by atoms with van der Waals surface area (Å²) in [4.78, 5) is 27.0. The molecule has 9 heteroatoms. The van der Waals surface area contributed by atoms with E-state index >= 15 is 0 Å². The standard InChI is InChI=1S/C32H32ClN3O5/c1-20-29(34-32(38)40-21(2)27-8-4-5-9-28(27)33)30(41-35-20)24-12-10-22(11-13-24)23-14-16-26(17-15-23)36-18-6-7-25(19-36)31(37)39-3/h4-5,8-17,21,25H,6-7,18-19H2,1-3H3,(H,34,38). The van der Waals surface area contributed by atoms with Gasteiger partial charge < -0.3 is 18.9 Å². The Kier molecular flexibility index (Phi) is 8.59. The first kappa shape index (κ1) is 28.2. The number of nitrogens with one attached hydrogen (secondary N) is 1. The van der Waals surface area contributed by atoms with Crippen molar-refractivity contribution in [1.82, 2.24) is 5.16 Å². The molecule has 212 valence electrons. The van der Waals surface area contributed by atoms with Crippen LogP contribution < -0.4 is 10.2 Å². The lowest BCUT2D eigenvalue weighted by Gasteiger charge is -2.33. The molecule has 0 saturated carbocycles. The number of esters is 1. The molecule has 0 aliphatic carbocycles. The third-order valence-electron chi connectivity index (χ3n) is 7.39. The number of amides is 1. The van der Waals surface area contributed by atoms with Crippen LogP contribution in [-0.2, 0) is 14.3 Å². The molecular weight excluding hydrogens is 542 g/mol. The van der Waals surface area contributed by atoms with Gasteiger partial charge in [0.1, 0.15) is 17.5 Å². The average Bonchev–Trinajstić information content (AvgIpc) is 3.36. The van der Waals surface area contributed by atoms with E-state index in [4.69, 9.17) is 25.6 Å². The van der Waals surface area contributed by atoms with E-state index in [2.05, 4.69) is 39.6 Å². The lowest BCUT2D eigenvalue weighted by atomic mass is 9.97. The van der Waals surface area contributed by atoms with Crippen LogP contribution in [0.2, 0.25) is 5.02 Å². The maximum atomic E-state index is 12.7. The van der Waals surface area contributed by atoms with E-state index in [0.717, 1.165) is 47.3 Å². The van der Waals surface area contributed by atoms with Crippen molar-refractivity contribution >= 4 is 35.0 Å². The molecule has 1 amide bonds. The third-order valence-corrected chi connectivity index (χ3v) is 7.73. The van der Waals surface area contributed by atoms with Gasteiger partial charge in [0.05, 0.1) is 13.0 Å². The van der Waals surface area contributed by atoms with E-state index in [1.165, 1.54) is 7.11 Å². The maximum absolute atomic E-state index is 12.7. The monoisotopic (exact) mass is 573 g/mol. The van der Waals surface area contributed by atoms with Gasteiger partial charge >= 0.3 is 12.1 Å². The summed E-state index contributed by atoms with van der Waals surface area (Å²) in [6.07, 6.45) is 0.646. The molecular formula is C32H32ClN3O5. The molecule has 4 aromatic rings. The van der Waals surface area contributed by atoms with Crippen molar-refractivity contribution in [2.45, 2.75) is 32.8 Å². The van der Waals surface area contributed by atoms with Gasteiger partial charge in [-0.1, -0.05) is 71.4 Å². The number of aryl methyl sites for hydroxylation is 1. The summed E-state index contributed by atoms with van der Waals surface area (Å²) >= 11 is 6.24. The number of nitrogens with zero attached hydrogens (tertiary/aromatic N) is 2. The predicted molar refractivity (Wildman–Crippen MR) is 159 cm³/mol. The van der Waals surface area contributed by atoms with Gasteiger partial charge in [0, 0.05) is 34.9 Å². The first-order chi connectivity index (χ1) is 19.8. The van der Waals surface area contributed by atoms with E-state index in [0.29, 0.717) is 28.7 Å². The number of methoxy groups -OCH3 is 1. The van der Waals surface area contributed by atoms with Crippen LogP contribution in [0.15, 0.2) is 77.3 Å². The zero-order valence-electron chi connectivity index (χ0n) is 23.2. The fourth-order valence-corrected chi connectivity index (χ4v) is 5.41. The summed E-state index contributed by atoms with van der Waals surface area (Å²) in [5.41, 5.74) is 5.65. The molecule has 0 spiro atoms. The SMILES string of the molecule is COC(=O)C1CCCN(c2ccc(-c3ccc(-c4onc(C)c4NC(=O)OC(C)c4ccccc4Cl)cc3)cc2)C1. The molecule has 2 atom stereocenters. The Bertz CT molecular complexity index is 1520. The van der Waals surface area contributed by atoms with Crippen molar-refractivity contribution < 1.29 is 23.6 Å². The second-order valence-corrected chi connectivity index (χ2v) is 10.5. The largest absolute Gasteiger partial charge is 0.469 e. The Balaban J connectivity index is 1.26. The molecule has 1 N–H and O–H groups in total. The van der Waals surface area contributed by atoms with Gasteiger partial charge in [-0.15, -0.1) is 0 Å². The number of halogens is 1. The summed E-state index contributed by atoms with van der Waals surface area (Å²) in [7, 11) is 1.44. The summed E-state index contributed by atoms with van der Waals surface area (Å²) in [5.74, 6) is 0.208. The average molecular weight is 574 g/mol. The molecule has 1 aromatic heterocycles. The van der Waals surface area contributed by atoms with Gasteiger partial charge in [-0.2, -0.15) is 0 Å². The highest BCUT2D eigenvalue weighted by Crippen LogP contribution is 2.34. The second kappa shape index (κ2) is 12.5. The third kappa shape index (κ3) is 6.38. The lowest BCUT2D eigenvalue weighted by Crippen LogP contribution is -2.39. The summed E-state index contributed by atoms with van der Waals surface area (Å²) in [6.45, 7) is 5.10. The number of anilines is 2. The molecule has 2 heterocycles. The van der Waals surface area contributed by atoms with Crippen LogP contribution in [0.3, 0.4) is 0 Å². The highest BCUT2D eigenvalue weighted by Gasteiger charge is 2.26. The fourth-order valence-electron chi connectivity index (χ4n) is 5.12. The van der Waals surface area contributed by atoms with Gasteiger partial charge in [0.25, 0.3) is 0 Å². The highest BCUT2D eigenvalue weighted by molar-refractivity contribution is 6.31. The predicted octanol–water partition coefficient (Wildman–Crippen LogP) is 7.67. The van der Waals surface area contributed by atoms with Gasteiger partial charge in [-0.05, 0) is 56.0 Å². The van der Waals surface area contributed by atoms with Crippen molar-refractivity contribution in [2.75, 3.05) is 30.4 Å². The number of carbonyl (C=O) groups is 2. The Hall–Kier alpha value is -4.30. The first-order valence-corrected chi connectivity index (χ1v) is 13.9. The van der Waals surface area contributed by atoms with Crippen LogP contribution in [0.5, 0.6) is 0 Å². The van der Waals surface area contributed by atoms with E-state index in [-0.39, 0.29) is 11.9 Å². The first-order valence-electron chi connectivity index (χ1n) is 13.6. The van der Waals surface area contributed by atoms with Crippen LogP contribution in [0.4, 0.5) is 16.2 Å². The minimum absolute atomic E-state index is 0.0901. The fraction of sp³-hybridized carbons (Fsp3) is 0.281. The number of hydrogen-bond donors (Lipinski definition) is 1. The summed E-state index contributed by atoms with van der Waals surface area (Å²) < 4.78 is 16.1. The van der Waals surface area contributed by atoms with E-state index < -0.39 is 12.2 Å². The number of piperidine rings is 1. The Morgan fingerprint density at radius 3 is 2.37 bits per heavy atom. The molecule has 0 bridgehead atoms. The molecule has 5 rings (SSSR count). The molecule has 1 aliphatic rings. The molecule has 1 saturated heterocycles. The topological polar surface area (TPSA) is 93.9 Å². The minimum atomic E-state index is -0.631. The Morgan fingerprint density at radius 2 is 1.68 bits per heavy atom. The van der Waals surface area contributed by atoms with Crippen molar-refractivity contribution in [1.29, 1.82) is 0 Å². The number of aromatic nitrogens is 1. The van der Waals surface area contributed by atoms with Gasteiger partial charge in [0.15, 0.2) is 5.76 Å². The maximum Gasteiger partial charge on any atom is 0.412 e. The quantitative estimate of drug-likeness (QED) is 0.227. The van der Waals surface area contributed by atoms with E-state index in [1.807, 2.05) is 42.5 Å². The Labute approximate surface area is 244 Å². The number of rotatable bonds is 7. The zero-order chi connectivity index (χ0) is 28.9. The molecule has 8 nitrogen and oxygen atoms in total.